The van der Waals surface area contributed by atoms with Gasteiger partial charge in [0.15, 0.2) is 6.10 Å². The molecule has 0 N–H and O–H groups in total. The van der Waals surface area contributed by atoms with Crippen LogP contribution in [0.5, 0.6) is 5.75 Å². The number of rotatable bonds is 3. The smallest absolute Gasteiger partial charge is 0.267 e. The maximum atomic E-state index is 12.8. The van der Waals surface area contributed by atoms with Crippen molar-refractivity contribution in [3.05, 3.63) is 57.6 Å². The highest BCUT2D eigenvalue weighted by Crippen LogP contribution is 2.31. The number of nitrogens with zero attached hydrogens (tertiary/aromatic N) is 1. The second kappa shape index (κ2) is 6.36. The Kier molecular flexibility index (Phi) is 4.44. The number of ether oxygens (including phenoxy) is 1. The molecule has 1 unspecified atom stereocenters. The Morgan fingerprint density at radius 1 is 1.22 bits per heavy atom. The molecule has 0 fully saturated rings. The maximum Gasteiger partial charge on any atom is 0.267 e. The van der Waals surface area contributed by atoms with Crippen molar-refractivity contribution in [2.45, 2.75) is 33.3 Å². The molecule has 4 heteroatoms. The molecule has 0 aromatic heterocycles. The molecule has 1 heterocycles. The van der Waals surface area contributed by atoms with Gasteiger partial charge in [-0.05, 0) is 62.1 Å². The van der Waals surface area contributed by atoms with Crippen LogP contribution in [0, 0.1) is 13.8 Å². The third kappa shape index (κ3) is 3.13. The number of carbonyl (C=O) groups excluding carboxylic acids is 1. The summed E-state index contributed by atoms with van der Waals surface area (Å²) in [7, 11) is 0. The summed E-state index contributed by atoms with van der Waals surface area (Å²) < 4.78 is 7.03. The average Bonchev–Trinajstić information content (AvgIpc) is 2.93. The van der Waals surface area contributed by atoms with Gasteiger partial charge in [0.05, 0.1) is 0 Å². The summed E-state index contributed by atoms with van der Waals surface area (Å²) in [6.45, 7) is 6.54. The van der Waals surface area contributed by atoms with E-state index in [1.165, 1.54) is 5.56 Å². The standard InChI is InChI=1S/C19H20BrNO2/c1-12-10-16(20)11-13(2)18(12)23-14(3)19(22)21-9-8-15-6-4-5-7-17(15)21/h4-7,10-11,14H,8-9H2,1-3H3. The van der Waals surface area contributed by atoms with Gasteiger partial charge in [0.1, 0.15) is 5.75 Å². The molecule has 0 radical (unpaired) electrons. The van der Waals surface area contributed by atoms with E-state index in [1.807, 2.05) is 56.0 Å². The number of hydrogen-bond acceptors (Lipinski definition) is 2. The molecule has 0 saturated carbocycles. The molecular formula is C19H20BrNO2. The fourth-order valence-electron chi connectivity index (χ4n) is 3.10. The lowest BCUT2D eigenvalue weighted by molar-refractivity contribution is -0.124. The van der Waals surface area contributed by atoms with E-state index in [-0.39, 0.29) is 5.91 Å². The molecule has 0 saturated heterocycles. The molecule has 0 aliphatic carbocycles. The average molecular weight is 374 g/mol. The van der Waals surface area contributed by atoms with E-state index >= 15 is 0 Å². The lowest BCUT2D eigenvalue weighted by Crippen LogP contribution is -2.39. The van der Waals surface area contributed by atoms with Crippen LogP contribution in [0.4, 0.5) is 5.69 Å². The summed E-state index contributed by atoms with van der Waals surface area (Å²) in [5, 5.41) is 0. The number of benzene rings is 2. The van der Waals surface area contributed by atoms with Crippen LogP contribution in [0.2, 0.25) is 0 Å². The number of halogens is 1. The van der Waals surface area contributed by atoms with Crippen LogP contribution in [0.15, 0.2) is 40.9 Å². The van der Waals surface area contributed by atoms with E-state index in [1.54, 1.807) is 0 Å². The molecule has 2 aromatic rings. The van der Waals surface area contributed by atoms with Crippen LogP contribution in [-0.2, 0) is 11.2 Å². The molecule has 1 atom stereocenters. The third-order valence-electron chi connectivity index (χ3n) is 4.22. The minimum Gasteiger partial charge on any atom is -0.480 e. The Hall–Kier alpha value is -1.81. The number of amides is 1. The number of hydrogen-bond donors (Lipinski definition) is 0. The first-order valence-electron chi connectivity index (χ1n) is 7.80. The van der Waals surface area contributed by atoms with Crippen LogP contribution < -0.4 is 9.64 Å². The fraction of sp³-hybridized carbons (Fsp3) is 0.316. The van der Waals surface area contributed by atoms with E-state index in [2.05, 4.69) is 22.0 Å². The zero-order valence-corrected chi connectivity index (χ0v) is 15.2. The number of carbonyl (C=O) groups is 1. The van der Waals surface area contributed by atoms with Crippen molar-refractivity contribution in [1.29, 1.82) is 0 Å². The van der Waals surface area contributed by atoms with E-state index in [4.69, 9.17) is 4.74 Å². The zero-order valence-electron chi connectivity index (χ0n) is 13.6. The first-order chi connectivity index (χ1) is 11.0. The molecule has 1 aliphatic rings. The molecule has 1 aliphatic heterocycles. The second-order valence-corrected chi connectivity index (χ2v) is 6.91. The number of anilines is 1. The van der Waals surface area contributed by atoms with Gasteiger partial charge in [-0.2, -0.15) is 0 Å². The van der Waals surface area contributed by atoms with Crippen molar-refractivity contribution in [3.8, 4) is 5.75 Å². The molecule has 120 valence electrons. The highest BCUT2D eigenvalue weighted by Gasteiger charge is 2.29. The lowest BCUT2D eigenvalue weighted by Gasteiger charge is -2.24. The minimum absolute atomic E-state index is 0.0108. The summed E-state index contributed by atoms with van der Waals surface area (Å²) in [4.78, 5) is 14.6. The first-order valence-corrected chi connectivity index (χ1v) is 8.59. The molecular weight excluding hydrogens is 354 g/mol. The summed E-state index contributed by atoms with van der Waals surface area (Å²) in [6.07, 6.45) is 0.394. The molecule has 23 heavy (non-hydrogen) atoms. The SMILES string of the molecule is Cc1cc(Br)cc(C)c1OC(C)C(=O)N1CCc2ccccc21. The fourth-order valence-corrected chi connectivity index (χ4v) is 3.78. The summed E-state index contributed by atoms with van der Waals surface area (Å²) in [6, 6.07) is 12.1. The van der Waals surface area contributed by atoms with Crippen molar-refractivity contribution in [3.63, 3.8) is 0 Å². The monoisotopic (exact) mass is 373 g/mol. The Labute approximate surface area is 145 Å². The summed E-state index contributed by atoms with van der Waals surface area (Å²) >= 11 is 3.48. The number of aryl methyl sites for hydroxylation is 2. The maximum absolute atomic E-state index is 12.8. The predicted molar refractivity (Wildman–Crippen MR) is 96.2 cm³/mol. The van der Waals surface area contributed by atoms with Crippen LogP contribution in [0.25, 0.3) is 0 Å². The van der Waals surface area contributed by atoms with Crippen molar-refractivity contribution < 1.29 is 9.53 Å². The minimum atomic E-state index is -0.514. The number of para-hydroxylation sites is 1. The van der Waals surface area contributed by atoms with Gasteiger partial charge in [-0.3, -0.25) is 4.79 Å². The van der Waals surface area contributed by atoms with E-state index in [0.29, 0.717) is 0 Å². The molecule has 3 rings (SSSR count). The van der Waals surface area contributed by atoms with Crippen molar-refractivity contribution in [1.82, 2.24) is 0 Å². The Bertz CT molecular complexity index is 734. The Balaban J connectivity index is 1.80. The molecule has 2 aromatic carbocycles. The van der Waals surface area contributed by atoms with E-state index < -0.39 is 6.10 Å². The third-order valence-corrected chi connectivity index (χ3v) is 4.68. The largest absolute Gasteiger partial charge is 0.480 e. The van der Waals surface area contributed by atoms with Gasteiger partial charge in [0.25, 0.3) is 5.91 Å². The Morgan fingerprint density at radius 2 is 1.87 bits per heavy atom. The van der Waals surface area contributed by atoms with Crippen molar-refractivity contribution in [2.24, 2.45) is 0 Å². The van der Waals surface area contributed by atoms with Gasteiger partial charge in [-0.15, -0.1) is 0 Å². The summed E-state index contributed by atoms with van der Waals surface area (Å²) in [5.41, 5.74) is 4.29. The van der Waals surface area contributed by atoms with Crippen LogP contribution >= 0.6 is 15.9 Å². The van der Waals surface area contributed by atoms with Gasteiger partial charge in [0, 0.05) is 16.7 Å². The topological polar surface area (TPSA) is 29.5 Å². The van der Waals surface area contributed by atoms with E-state index in [9.17, 15) is 4.79 Å². The normalized spacial score (nSPS) is 14.5. The highest BCUT2D eigenvalue weighted by atomic mass is 79.9. The lowest BCUT2D eigenvalue weighted by atomic mass is 10.1. The van der Waals surface area contributed by atoms with Gasteiger partial charge in [0.2, 0.25) is 0 Å². The van der Waals surface area contributed by atoms with Crippen LogP contribution in [0.1, 0.15) is 23.6 Å². The zero-order chi connectivity index (χ0) is 16.6. The van der Waals surface area contributed by atoms with Gasteiger partial charge >= 0.3 is 0 Å². The van der Waals surface area contributed by atoms with Gasteiger partial charge < -0.3 is 9.64 Å². The summed E-state index contributed by atoms with van der Waals surface area (Å²) in [5.74, 6) is 0.804. The van der Waals surface area contributed by atoms with Crippen molar-refractivity contribution in [2.75, 3.05) is 11.4 Å². The van der Waals surface area contributed by atoms with E-state index in [0.717, 1.165) is 40.0 Å². The first kappa shape index (κ1) is 16.1. The molecule has 1 amide bonds. The quantitative estimate of drug-likeness (QED) is 0.796. The predicted octanol–water partition coefficient (Wildman–Crippen LogP) is 4.42. The highest BCUT2D eigenvalue weighted by molar-refractivity contribution is 9.10. The van der Waals surface area contributed by atoms with Crippen LogP contribution in [0.3, 0.4) is 0 Å². The molecule has 3 nitrogen and oxygen atoms in total. The number of fused-ring (bicyclic) bond motifs is 1. The van der Waals surface area contributed by atoms with Gasteiger partial charge in [-0.1, -0.05) is 34.1 Å². The van der Waals surface area contributed by atoms with Crippen molar-refractivity contribution >= 4 is 27.5 Å². The second-order valence-electron chi connectivity index (χ2n) is 6.00. The Morgan fingerprint density at radius 3 is 2.57 bits per heavy atom. The van der Waals surface area contributed by atoms with Crippen LogP contribution in [-0.4, -0.2) is 18.6 Å². The molecule has 0 bridgehead atoms. The van der Waals surface area contributed by atoms with Gasteiger partial charge in [-0.25, -0.2) is 0 Å². The molecule has 0 spiro atoms.